The van der Waals surface area contributed by atoms with E-state index in [1.165, 1.54) is 34.6 Å². The Balaban J connectivity index is 1.99. The van der Waals surface area contributed by atoms with Crippen LogP contribution in [0.5, 0.6) is 0 Å². The van der Waals surface area contributed by atoms with Gasteiger partial charge in [-0.15, -0.1) is 0 Å². The lowest BCUT2D eigenvalue weighted by Crippen LogP contribution is -2.22. The smallest absolute Gasteiger partial charge is 0.274 e. The molecule has 0 fully saturated rings. The molecule has 2 aromatic carbocycles. The molecule has 3 aromatic rings. The normalized spacial score (nSPS) is 10.8. The number of hydrogen-bond acceptors (Lipinski definition) is 4. The first-order valence-corrected chi connectivity index (χ1v) is 7.20. The molecule has 24 heavy (non-hydrogen) atoms. The van der Waals surface area contributed by atoms with Crippen molar-refractivity contribution in [1.82, 2.24) is 15.0 Å². The number of hydrogen-bond donors (Lipinski definition) is 2. The number of carbonyl (C=O) groups excluding carboxylic acids is 1. The fraction of sp³-hybridized carbons (Fsp3) is 0.118. The molecule has 0 atom stereocenters. The fourth-order valence-electron chi connectivity index (χ4n) is 2.48. The van der Waals surface area contributed by atoms with Crippen LogP contribution in [-0.2, 0) is 13.2 Å². The van der Waals surface area contributed by atoms with E-state index >= 15 is 0 Å². The summed E-state index contributed by atoms with van der Waals surface area (Å²) in [5, 5.41) is 9.01. The second-order valence-electron chi connectivity index (χ2n) is 5.30. The van der Waals surface area contributed by atoms with Gasteiger partial charge in [0.25, 0.3) is 11.5 Å². The van der Waals surface area contributed by atoms with Crippen molar-refractivity contribution in [2.45, 2.75) is 13.2 Å². The molecule has 0 saturated heterocycles. The first-order chi connectivity index (χ1) is 11.6. The molecule has 0 unspecified atom stereocenters. The number of halogens is 1. The molecule has 0 aliphatic rings. The minimum atomic E-state index is -0.675. The maximum atomic E-state index is 12.7. The average molecular weight is 327 g/mol. The van der Waals surface area contributed by atoms with Crippen LogP contribution in [-0.4, -0.2) is 20.7 Å². The second kappa shape index (κ2) is 6.59. The lowest BCUT2D eigenvalue weighted by atomic mass is 10.1. The SMILES string of the molecule is O=C(NO)c1ccc2c(=O)n(Cc3cccc(CF)c3)cnc2c1. The first kappa shape index (κ1) is 15.8. The number of hydroxylamine groups is 1. The summed E-state index contributed by atoms with van der Waals surface area (Å²) < 4.78 is 14.2. The van der Waals surface area contributed by atoms with Gasteiger partial charge in [0.15, 0.2) is 0 Å². The molecule has 1 heterocycles. The van der Waals surface area contributed by atoms with E-state index in [1.54, 1.807) is 18.2 Å². The van der Waals surface area contributed by atoms with Gasteiger partial charge in [-0.2, -0.15) is 0 Å². The van der Waals surface area contributed by atoms with E-state index in [0.717, 1.165) is 5.56 Å². The lowest BCUT2D eigenvalue weighted by Gasteiger charge is -2.08. The van der Waals surface area contributed by atoms with E-state index in [1.807, 2.05) is 6.07 Å². The Morgan fingerprint density at radius 2 is 2.00 bits per heavy atom. The molecule has 0 aliphatic carbocycles. The van der Waals surface area contributed by atoms with E-state index in [4.69, 9.17) is 5.21 Å². The third-order valence-corrected chi connectivity index (χ3v) is 3.69. The molecule has 0 bridgehead atoms. The quantitative estimate of drug-likeness (QED) is 0.567. The molecule has 0 spiro atoms. The summed E-state index contributed by atoms with van der Waals surface area (Å²) in [6.45, 7) is -0.289. The lowest BCUT2D eigenvalue weighted by molar-refractivity contribution is 0.0706. The number of amides is 1. The summed E-state index contributed by atoms with van der Waals surface area (Å²) in [4.78, 5) is 28.1. The van der Waals surface area contributed by atoms with Crippen LogP contribution in [0.1, 0.15) is 21.5 Å². The number of carbonyl (C=O) groups is 1. The van der Waals surface area contributed by atoms with E-state index in [-0.39, 0.29) is 17.7 Å². The van der Waals surface area contributed by atoms with Crippen LogP contribution in [0, 0.1) is 0 Å². The zero-order valence-electron chi connectivity index (χ0n) is 12.6. The Morgan fingerprint density at radius 3 is 2.75 bits per heavy atom. The second-order valence-corrected chi connectivity index (χ2v) is 5.30. The number of aromatic nitrogens is 2. The van der Waals surface area contributed by atoms with Crippen LogP contribution >= 0.6 is 0 Å². The molecule has 0 saturated carbocycles. The highest BCUT2D eigenvalue weighted by atomic mass is 19.1. The fourth-order valence-corrected chi connectivity index (χ4v) is 2.48. The number of benzene rings is 2. The van der Waals surface area contributed by atoms with Gasteiger partial charge in [-0.05, 0) is 29.3 Å². The van der Waals surface area contributed by atoms with Crippen molar-refractivity contribution in [2.75, 3.05) is 0 Å². The van der Waals surface area contributed by atoms with E-state index in [9.17, 15) is 14.0 Å². The van der Waals surface area contributed by atoms with Crippen LogP contribution < -0.4 is 11.0 Å². The van der Waals surface area contributed by atoms with Crippen molar-refractivity contribution in [1.29, 1.82) is 0 Å². The maximum Gasteiger partial charge on any atom is 0.274 e. The highest BCUT2D eigenvalue weighted by Gasteiger charge is 2.09. The molecule has 122 valence electrons. The van der Waals surface area contributed by atoms with Gasteiger partial charge in [0, 0.05) is 5.56 Å². The van der Waals surface area contributed by atoms with Crippen molar-refractivity contribution in [3.63, 3.8) is 0 Å². The molecular weight excluding hydrogens is 313 g/mol. The maximum absolute atomic E-state index is 12.7. The molecule has 3 rings (SSSR count). The number of rotatable bonds is 4. The Morgan fingerprint density at radius 1 is 1.21 bits per heavy atom. The average Bonchev–Trinajstić information content (AvgIpc) is 2.63. The predicted molar refractivity (Wildman–Crippen MR) is 85.6 cm³/mol. The molecule has 0 aliphatic heterocycles. The van der Waals surface area contributed by atoms with Crippen molar-refractivity contribution in [3.8, 4) is 0 Å². The predicted octanol–water partition coefficient (Wildman–Crippen LogP) is 2.03. The summed E-state index contributed by atoms with van der Waals surface area (Å²) in [5.74, 6) is -0.675. The minimum absolute atomic E-state index is 0.199. The largest absolute Gasteiger partial charge is 0.294 e. The Labute approximate surface area is 136 Å². The molecule has 1 aromatic heterocycles. The zero-order chi connectivity index (χ0) is 17.1. The summed E-state index contributed by atoms with van der Waals surface area (Å²) in [6.07, 6.45) is 1.38. The van der Waals surface area contributed by atoms with Crippen LogP contribution in [0.3, 0.4) is 0 Å². The Kier molecular flexibility index (Phi) is 4.35. The first-order valence-electron chi connectivity index (χ1n) is 7.20. The molecule has 2 N–H and O–H groups in total. The van der Waals surface area contributed by atoms with Crippen molar-refractivity contribution in [3.05, 3.63) is 75.8 Å². The van der Waals surface area contributed by atoms with Crippen molar-refractivity contribution in [2.24, 2.45) is 0 Å². The number of alkyl halides is 1. The topological polar surface area (TPSA) is 84.2 Å². The zero-order valence-corrected chi connectivity index (χ0v) is 12.6. The molecule has 0 radical (unpaired) electrons. The third-order valence-electron chi connectivity index (χ3n) is 3.69. The number of nitrogens with one attached hydrogen (secondary N) is 1. The third kappa shape index (κ3) is 3.02. The Bertz CT molecular complexity index is 969. The minimum Gasteiger partial charge on any atom is -0.294 e. The summed E-state index contributed by atoms with van der Waals surface area (Å²) in [6, 6.07) is 11.3. The van der Waals surface area contributed by atoms with Gasteiger partial charge in [-0.3, -0.25) is 19.4 Å². The molecule has 7 heteroatoms. The molecule has 1 amide bonds. The van der Waals surface area contributed by atoms with Crippen LogP contribution in [0.25, 0.3) is 10.9 Å². The van der Waals surface area contributed by atoms with Crippen LogP contribution in [0.15, 0.2) is 53.6 Å². The van der Waals surface area contributed by atoms with Gasteiger partial charge >= 0.3 is 0 Å². The van der Waals surface area contributed by atoms with Gasteiger partial charge in [0.1, 0.15) is 6.67 Å². The monoisotopic (exact) mass is 327 g/mol. The standard InChI is InChI=1S/C17H14FN3O3/c18-8-11-2-1-3-12(6-11)9-21-10-19-15-7-13(16(22)20-24)4-5-14(15)17(21)23/h1-7,10,24H,8-9H2,(H,20,22). The molecular formula is C17H14FN3O3. The van der Waals surface area contributed by atoms with Crippen molar-refractivity contribution >= 4 is 16.8 Å². The highest BCUT2D eigenvalue weighted by Crippen LogP contribution is 2.12. The number of fused-ring (bicyclic) bond motifs is 1. The van der Waals surface area contributed by atoms with E-state index in [0.29, 0.717) is 16.5 Å². The van der Waals surface area contributed by atoms with Crippen LogP contribution in [0.2, 0.25) is 0 Å². The summed E-state index contributed by atoms with van der Waals surface area (Å²) in [5.41, 5.74) is 3.17. The highest BCUT2D eigenvalue weighted by molar-refractivity contribution is 5.96. The van der Waals surface area contributed by atoms with Gasteiger partial charge in [-0.1, -0.05) is 24.3 Å². The number of nitrogens with zero attached hydrogens (tertiary/aromatic N) is 2. The van der Waals surface area contributed by atoms with Crippen molar-refractivity contribution < 1.29 is 14.4 Å². The summed E-state index contributed by atoms with van der Waals surface area (Å²) in [7, 11) is 0. The van der Waals surface area contributed by atoms with Gasteiger partial charge in [0.05, 0.1) is 23.8 Å². The van der Waals surface area contributed by atoms with E-state index < -0.39 is 12.6 Å². The Hall–Kier alpha value is -3.06. The van der Waals surface area contributed by atoms with Gasteiger partial charge < -0.3 is 0 Å². The van der Waals surface area contributed by atoms with Gasteiger partial charge in [-0.25, -0.2) is 14.9 Å². The molecule has 6 nitrogen and oxygen atoms in total. The van der Waals surface area contributed by atoms with E-state index in [2.05, 4.69) is 4.98 Å². The van der Waals surface area contributed by atoms with Gasteiger partial charge in [0.2, 0.25) is 0 Å². The summed E-state index contributed by atoms with van der Waals surface area (Å²) >= 11 is 0. The van der Waals surface area contributed by atoms with Crippen LogP contribution in [0.4, 0.5) is 4.39 Å².